The topological polar surface area (TPSA) is 35.6 Å². The fraction of sp³-hybridized carbons (Fsp3) is 0.435. The number of likely N-dealkylation sites (N-methyl/N-ethyl adjacent to an activating group) is 1. The van der Waals surface area contributed by atoms with Crippen LogP contribution in [0.5, 0.6) is 0 Å². The van der Waals surface area contributed by atoms with Crippen LogP contribution in [0.2, 0.25) is 0 Å². The van der Waals surface area contributed by atoms with Crippen molar-refractivity contribution in [2.75, 3.05) is 20.1 Å². The molecule has 2 aromatic carbocycles. The standard InChI is InChI=1S/C23H29N3O/c1-25-17-21-10-3-2-9-20(21)14-22(25)23(27)24-15-18-7-6-8-19(13-18)16-26-11-4-5-12-26/h2-3,6-10,13,22H,4-5,11-12,14-17H2,1H3,(H,24,27)/t22-/m0/s1. The van der Waals surface area contributed by atoms with E-state index in [9.17, 15) is 4.79 Å². The minimum Gasteiger partial charge on any atom is -0.351 e. The Morgan fingerprint density at radius 1 is 1.04 bits per heavy atom. The van der Waals surface area contributed by atoms with E-state index >= 15 is 0 Å². The van der Waals surface area contributed by atoms with Crippen LogP contribution in [0.15, 0.2) is 48.5 Å². The molecule has 1 saturated heterocycles. The number of hydrogen-bond acceptors (Lipinski definition) is 3. The summed E-state index contributed by atoms with van der Waals surface area (Å²) >= 11 is 0. The fourth-order valence-electron chi connectivity index (χ4n) is 4.29. The molecule has 142 valence electrons. The van der Waals surface area contributed by atoms with Gasteiger partial charge in [-0.3, -0.25) is 14.6 Å². The molecule has 1 N–H and O–H groups in total. The normalized spacial score (nSPS) is 20.4. The van der Waals surface area contributed by atoms with Crippen LogP contribution in [0.1, 0.15) is 35.1 Å². The van der Waals surface area contributed by atoms with Crippen LogP contribution in [0.4, 0.5) is 0 Å². The quantitative estimate of drug-likeness (QED) is 0.887. The van der Waals surface area contributed by atoms with E-state index in [0.29, 0.717) is 6.54 Å². The Hall–Kier alpha value is -2.17. The molecular weight excluding hydrogens is 334 g/mol. The van der Waals surface area contributed by atoms with Crippen LogP contribution in [-0.4, -0.2) is 41.9 Å². The average molecular weight is 364 g/mol. The third-order valence-electron chi connectivity index (χ3n) is 5.85. The van der Waals surface area contributed by atoms with Crippen molar-refractivity contribution in [1.82, 2.24) is 15.1 Å². The lowest BCUT2D eigenvalue weighted by atomic mass is 9.94. The maximum absolute atomic E-state index is 12.8. The van der Waals surface area contributed by atoms with Crippen LogP contribution in [0, 0.1) is 0 Å². The van der Waals surface area contributed by atoms with Crippen molar-refractivity contribution >= 4 is 5.91 Å². The summed E-state index contributed by atoms with van der Waals surface area (Å²) < 4.78 is 0. The van der Waals surface area contributed by atoms with Gasteiger partial charge in [-0.05, 0) is 61.7 Å². The lowest BCUT2D eigenvalue weighted by Gasteiger charge is -2.33. The Balaban J connectivity index is 1.35. The molecule has 1 fully saturated rings. The zero-order valence-corrected chi connectivity index (χ0v) is 16.2. The molecular formula is C23H29N3O. The van der Waals surface area contributed by atoms with Gasteiger partial charge in [-0.1, -0.05) is 48.5 Å². The van der Waals surface area contributed by atoms with Crippen molar-refractivity contribution in [2.24, 2.45) is 0 Å². The van der Waals surface area contributed by atoms with Gasteiger partial charge in [0, 0.05) is 19.6 Å². The van der Waals surface area contributed by atoms with Crippen molar-refractivity contribution in [3.8, 4) is 0 Å². The van der Waals surface area contributed by atoms with Gasteiger partial charge >= 0.3 is 0 Å². The van der Waals surface area contributed by atoms with E-state index in [4.69, 9.17) is 0 Å². The molecule has 4 heteroatoms. The van der Waals surface area contributed by atoms with Crippen LogP contribution in [0.25, 0.3) is 0 Å². The molecule has 1 amide bonds. The molecule has 2 aliphatic heterocycles. The van der Waals surface area contributed by atoms with Gasteiger partial charge in [0.15, 0.2) is 0 Å². The molecule has 1 atom stereocenters. The maximum Gasteiger partial charge on any atom is 0.237 e. The molecule has 2 aromatic rings. The van der Waals surface area contributed by atoms with E-state index in [1.54, 1.807) is 0 Å². The third-order valence-corrected chi connectivity index (χ3v) is 5.85. The first kappa shape index (κ1) is 18.2. The smallest absolute Gasteiger partial charge is 0.237 e. The minimum absolute atomic E-state index is 0.0901. The van der Waals surface area contributed by atoms with Crippen molar-refractivity contribution < 1.29 is 4.79 Å². The molecule has 0 aliphatic carbocycles. The third kappa shape index (κ3) is 4.40. The SMILES string of the molecule is CN1Cc2ccccc2C[C@H]1C(=O)NCc1cccc(CN2CCCC2)c1. The van der Waals surface area contributed by atoms with Crippen molar-refractivity contribution in [2.45, 2.75) is 44.9 Å². The monoisotopic (exact) mass is 363 g/mol. The number of carbonyl (C=O) groups is 1. The van der Waals surface area contributed by atoms with Gasteiger partial charge in [0.1, 0.15) is 0 Å². The largest absolute Gasteiger partial charge is 0.351 e. The molecule has 0 unspecified atom stereocenters. The Morgan fingerprint density at radius 3 is 2.59 bits per heavy atom. The number of amides is 1. The zero-order chi connectivity index (χ0) is 18.6. The second-order valence-corrected chi connectivity index (χ2v) is 7.92. The van der Waals surface area contributed by atoms with Gasteiger partial charge < -0.3 is 5.32 Å². The number of likely N-dealkylation sites (tertiary alicyclic amines) is 1. The summed E-state index contributed by atoms with van der Waals surface area (Å²) in [6.07, 6.45) is 3.41. The van der Waals surface area contributed by atoms with E-state index in [0.717, 1.165) is 19.5 Å². The van der Waals surface area contributed by atoms with E-state index < -0.39 is 0 Å². The Morgan fingerprint density at radius 2 is 1.78 bits per heavy atom. The number of nitrogens with zero attached hydrogens (tertiary/aromatic N) is 2. The first-order valence-corrected chi connectivity index (χ1v) is 10.0. The van der Waals surface area contributed by atoms with Gasteiger partial charge in [0.25, 0.3) is 0 Å². The molecule has 0 radical (unpaired) electrons. The molecule has 2 heterocycles. The minimum atomic E-state index is -0.0901. The highest BCUT2D eigenvalue weighted by Gasteiger charge is 2.28. The number of benzene rings is 2. The first-order chi connectivity index (χ1) is 13.2. The number of rotatable bonds is 5. The first-order valence-electron chi connectivity index (χ1n) is 10.0. The molecule has 4 nitrogen and oxygen atoms in total. The fourth-order valence-corrected chi connectivity index (χ4v) is 4.29. The van der Waals surface area contributed by atoms with E-state index in [-0.39, 0.29) is 11.9 Å². The Labute approximate surface area is 162 Å². The van der Waals surface area contributed by atoms with E-state index in [1.807, 2.05) is 7.05 Å². The molecule has 0 spiro atoms. The predicted octanol–water partition coefficient (Wildman–Crippen LogP) is 2.96. The molecule has 0 aromatic heterocycles. The van der Waals surface area contributed by atoms with E-state index in [2.05, 4.69) is 63.6 Å². The second kappa shape index (κ2) is 8.24. The van der Waals surface area contributed by atoms with Gasteiger partial charge in [-0.15, -0.1) is 0 Å². The maximum atomic E-state index is 12.8. The highest BCUT2D eigenvalue weighted by molar-refractivity contribution is 5.82. The van der Waals surface area contributed by atoms with Crippen LogP contribution < -0.4 is 5.32 Å². The number of hydrogen-bond donors (Lipinski definition) is 1. The number of nitrogens with one attached hydrogen (secondary N) is 1. The van der Waals surface area contributed by atoms with Crippen molar-refractivity contribution in [1.29, 1.82) is 0 Å². The average Bonchev–Trinajstić information content (AvgIpc) is 3.19. The molecule has 0 bridgehead atoms. The van der Waals surface area contributed by atoms with Gasteiger partial charge in [0.05, 0.1) is 6.04 Å². The summed E-state index contributed by atoms with van der Waals surface area (Å²) in [5, 5.41) is 3.16. The second-order valence-electron chi connectivity index (χ2n) is 7.92. The Bertz CT molecular complexity index is 798. The van der Waals surface area contributed by atoms with Crippen LogP contribution in [0.3, 0.4) is 0 Å². The van der Waals surface area contributed by atoms with Crippen molar-refractivity contribution in [3.63, 3.8) is 0 Å². The summed E-state index contributed by atoms with van der Waals surface area (Å²) in [5.74, 6) is 0.122. The highest BCUT2D eigenvalue weighted by Crippen LogP contribution is 2.22. The van der Waals surface area contributed by atoms with Crippen LogP contribution in [-0.2, 0) is 30.8 Å². The lowest BCUT2D eigenvalue weighted by molar-refractivity contribution is -0.126. The lowest BCUT2D eigenvalue weighted by Crippen LogP contribution is -2.48. The molecule has 2 aliphatic rings. The number of carbonyl (C=O) groups excluding carboxylic acids is 1. The summed E-state index contributed by atoms with van der Waals surface area (Å²) in [6, 6.07) is 17.0. The summed E-state index contributed by atoms with van der Waals surface area (Å²) in [6.45, 7) is 4.86. The van der Waals surface area contributed by atoms with E-state index in [1.165, 1.54) is 48.2 Å². The molecule has 27 heavy (non-hydrogen) atoms. The molecule has 4 rings (SSSR count). The summed E-state index contributed by atoms with van der Waals surface area (Å²) in [5.41, 5.74) is 5.15. The highest BCUT2D eigenvalue weighted by atomic mass is 16.2. The van der Waals surface area contributed by atoms with Crippen LogP contribution >= 0.6 is 0 Å². The predicted molar refractivity (Wildman–Crippen MR) is 108 cm³/mol. The van der Waals surface area contributed by atoms with Crippen molar-refractivity contribution in [3.05, 3.63) is 70.8 Å². The summed E-state index contributed by atoms with van der Waals surface area (Å²) in [7, 11) is 2.04. The zero-order valence-electron chi connectivity index (χ0n) is 16.2. The Kier molecular flexibility index (Phi) is 5.55. The van der Waals surface area contributed by atoms with Gasteiger partial charge in [-0.2, -0.15) is 0 Å². The van der Waals surface area contributed by atoms with Gasteiger partial charge in [0.2, 0.25) is 5.91 Å². The number of fused-ring (bicyclic) bond motifs is 1. The summed E-state index contributed by atoms with van der Waals surface area (Å²) in [4.78, 5) is 17.5. The molecule has 0 saturated carbocycles. The van der Waals surface area contributed by atoms with Gasteiger partial charge in [-0.25, -0.2) is 0 Å².